The maximum absolute atomic E-state index is 13.6. The van der Waals surface area contributed by atoms with Crippen LogP contribution in [0.5, 0.6) is 0 Å². The monoisotopic (exact) mass is 250 g/mol. The van der Waals surface area contributed by atoms with Crippen LogP contribution in [0.1, 0.15) is 6.92 Å². The smallest absolute Gasteiger partial charge is 0.298 e. The quantitative estimate of drug-likeness (QED) is 0.776. The van der Waals surface area contributed by atoms with Crippen molar-refractivity contribution in [3.05, 3.63) is 44.9 Å². The Balaban J connectivity index is 2.98. The summed E-state index contributed by atoms with van der Waals surface area (Å²) in [6.45, 7) is 0.972. The summed E-state index contributed by atoms with van der Waals surface area (Å²) < 4.78 is 15.5. The minimum atomic E-state index is -0.701. The fourth-order valence-corrected chi connectivity index (χ4v) is 1.90. The third kappa shape index (κ3) is 1.75. The van der Waals surface area contributed by atoms with Gasteiger partial charge in [0.15, 0.2) is 0 Å². The van der Waals surface area contributed by atoms with Crippen LogP contribution in [0, 0.1) is 5.82 Å². The molecule has 0 amide bonds. The molecule has 18 heavy (non-hydrogen) atoms. The predicted octanol–water partition coefficient (Wildman–Crippen LogP) is 0.428. The molecule has 2 aromatic rings. The Bertz CT molecular complexity index is 758. The van der Waals surface area contributed by atoms with Crippen molar-refractivity contribution in [1.82, 2.24) is 9.13 Å². The van der Waals surface area contributed by atoms with Crippen LogP contribution in [-0.2, 0) is 18.4 Å². The summed E-state index contributed by atoms with van der Waals surface area (Å²) in [5.41, 5.74) is -1.40. The maximum Gasteiger partial charge on any atom is 0.331 e. The molecular weight excluding hydrogens is 239 g/mol. The second kappa shape index (κ2) is 4.21. The summed E-state index contributed by atoms with van der Waals surface area (Å²) >= 11 is 0. The first kappa shape index (κ1) is 12.2. The SMILES string of the molecule is CC(=O)Cn1c(=O)c2cccc(F)c2n(C)c1=O. The van der Waals surface area contributed by atoms with Crippen molar-refractivity contribution in [3.8, 4) is 0 Å². The number of aromatic nitrogens is 2. The van der Waals surface area contributed by atoms with Gasteiger partial charge >= 0.3 is 5.69 Å². The van der Waals surface area contributed by atoms with E-state index < -0.39 is 17.1 Å². The van der Waals surface area contributed by atoms with E-state index in [9.17, 15) is 18.8 Å². The first-order chi connectivity index (χ1) is 8.43. The molecule has 1 heterocycles. The van der Waals surface area contributed by atoms with Crippen LogP contribution >= 0.6 is 0 Å². The van der Waals surface area contributed by atoms with Gasteiger partial charge in [0.05, 0.1) is 17.4 Å². The van der Waals surface area contributed by atoms with Crippen LogP contribution in [0.3, 0.4) is 0 Å². The summed E-state index contributed by atoms with van der Waals surface area (Å²) in [6, 6.07) is 4.00. The van der Waals surface area contributed by atoms with Gasteiger partial charge in [-0.2, -0.15) is 0 Å². The Morgan fingerprint density at radius 3 is 2.61 bits per heavy atom. The Hall–Kier alpha value is -2.24. The molecule has 6 heteroatoms. The molecule has 0 aliphatic rings. The lowest BCUT2D eigenvalue weighted by Crippen LogP contribution is -2.40. The Kier molecular flexibility index (Phi) is 2.86. The molecular formula is C12H11FN2O3. The lowest BCUT2D eigenvalue weighted by Gasteiger charge is -2.09. The van der Waals surface area contributed by atoms with E-state index in [1.807, 2.05) is 0 Å². The number of halogens is 1. The third-order valence-corrected chi connectivity index (χ3v) is 2.70. The van der Waals surface area contributed by atoms with Crippen molar-refractivity contribution in [1.29, 1.82) is 0 Å². The van der Waals surface area contributed by atoms with Gasteiger partial charge in [-0.3, -0.25) is 18.7 Å². The molecule has 1 aromatic heterocycles. The predicted molar refractivity (Wildman–Crippen MR) is 64.1 cm³/mol. The van der Waals surface area contributed by atoms with Crippen LogP contribution in [0.15, 0.2) is 27.8 Å². The number of hydrogen-bond acceptors (Lipinski definition) is 3. The molecule has 94 valence electrons. The first-order valence-corrected chi connectivity index (χ1v) is 5.31. The van der Waals surface area contributed by atoms with Crippen LogP contribution in [-0.4, -0.2) is 14.9 Å². The summed E-state index contributed by atoms with van der Waals surface area (Å²) in [5.74, 6) is -0.955. The highest BCUT2D eigenvalue weighted by atomic mass is 19.1. The van der Waals surface area contributed by atoms with E-state index in [1.54, 1.807) is 0 Å². The Morgan fingerprint density at radius 2 is 2.00 bits per heavy atom. The number of hydrogen-bond donors (Lipinski definition) is 0. The number of benzene rings is 1. The van der Waals surface area contributed by atoms with Gasteiger partial charge in [-0.05, 0) is 19.1 Å². The Labute approximate surface area is 101 Å². The van der Waals surface area contributed by atoms with Crippen molar-refractivity contribution < 1.29 is 9.18 Å². The zero-order valence-electron chi connectivity index (χ0n) is 9.94. The molecule has 2 rings (SSSR count). The van der Waals surface area contributed by atoms with Gasteiger partial charge in [0.2, 0.25) is 0 Å². The highest BCUT2D eigenvalue weighted by molar-refractivity contribution is 5.79. The standard InChI is InChI=1S/C12H11FN2O3/c1-7(16)6-15-11(17)8-4-3-5-9(13)10(8)14(2)12(15)18/h3-5H,6H2,1-2H3. The highest BCUT2D eigenvalue weighted by Crippen LogP contribution is 2.11. The zero-order valence-corrected chi connectivity index (χ0v) is 9.94. The van der Waals surface area contributed by atoms with E-state index in [0.717, 1.165) is 9.13 Å². The second-order valence-electron chi connectivity index (χ2n) is 4.07. The highest BCUT2D eigenvalue weighted by Gasteiger charge is 2.14. The van der Waals surface area contributed by atoms with Gasteiger partial charge in [0.25, 0.3) is 5.56 Å². The number of carbonyl (C=O) groups excluding carboxylic acids is 1. The molecule has 0 N–H and O–H groups in total. The molecule has 5 nitrogen and oxygen atoms in total. The lowest BCUT2D eigenvalue weighted by atomic mass is 10.2. The van der Waals surface area contributed by atoms with Gasteiger partial charge < -0.3 is 0 Å². The van der Waals surface area contributed by atoms with Gasteiger partial charge in [0.1, 0.15) is 11.6 Å². The van der Waals surface area contributed by atoms with Crippen molar-refractivity contribution >= 4 is 16.7 Å². The van der Waals surface area contributed by atoms with Crippen molar-refractivity contribution in [2.24, 2.45) is 7.05 Å². The molecule has 0 spiro atoms. The number of Topliss-reactive ketones (excluding diaryl/α,β-unsaturated/α-hetero) is 1. The first-order valence-electron chi connectivity index (χ1n) is 5.31. The third-order valence-electron chi connectivity index (χ3n) is 2.70. The van der Waals surface area contributed by atoms with E-state index >= 15 is 0 Å². The van der Waals surface area contributed by atoms with Crippen molar-refractivity contribution in [3.63, 3.8) is 0 Å². The number of ketones is 1. The summed E-state index contributed by atoms with van der Waals surface area (Å²) in [6.07, 6.45) is 0. The number of nitrogens with zero attached hydrogens (tertiary/aromatic N) is 2. The van der Waals surface area contributed by atoms with E-state index in [4.69, 9.17) is 0 Å². The topological polar surface area (TPSA) is 61.1 Å². The number of rotatable bonds is 2. The maximum atomic E-state index is 13.6. The van der Waals surface area contributed by atoms with Crippen LogP contribution < -0.4 is 11.2 Å². The fourth-order valence-electron chi connectivity index (χ4n) is 1.90. The molecule has 0 fully saturated rings. The number of fused-ring (bicyclic) bond motifs is 1. The van der Waals surface area contributed by atoms with Gasteiger partial charge in [-0.25, -0.2) is 9.18 Å². The zero-order chi connectivity index (χ0) is 13.4. The van der Waals surface area contributed by atoms with Crippen LogP contribution in [0.25, 0.3) is 10.9 Å². The lowest BCUT2D eigenvalue weighted by molar-refractivity contribution is -0.117. The average Bonchev–Trinajstić information content (AvgIpc) is 2.31. The summed E-state index contributed by atoms with van der Waals surface area (Å²) in [4.78, 5) is 35.0. The molecule has 0 aliphatic carbocycles. The number of carbonyl (C=O) groups is 1. The molecule has 0 saturated heterocycles. The Morgan fingerprint density at radius 1 is 1.33 bits per heavy atom. The molecule has 0 unspecified atom stereocenters. The number of aryl methyl sites for hydroxylation is 1. The van der Waals surface area contributed by atoms with Gasteiger partial charge in [-0.1, -0.05) is 6.07 Å². The fraction of sp³-hybridized carbons (Fsp3) is 0.250. The molecule has 0 aliphatic heterocycles. The van der Waals surface area contributed by atoms with E-state index in [1.165, 1.54) is 32.2 Å². The van der Waals surface area contributed by atoms with Gasteiger partial charge in [-0.15, -0.1) is 0 Å². The summed E-state index contributed by atoms with van der Waals surface area (Å²) in [5, 5.41) is 0.0818. The van der Waals surface area contributed by atoms with Gasteiger partial charge in [0, 0.05) is 7.05 Å². The molecule has 0 radical (unpaired) electrons. The molecule has 0 bridgehead atoms. The van der Waals surface area contributed by atoms with Crippen LogP contribution in [0.2, 0.25) is 0 Å². The van der Waals surface area contributed by atoms with E-state index in [-0.39, 0.29) is 23.2 Å². The average molecular weight is 250 g/mol. The van der Waals surface area contributed by atoms with Crippen molar-refractivity contribution in [2.45, 2.75) is 13.5 Å². The summed E-state index contributed by atoms with van der Waals surface area (Å²) in [7, 11) is 1.36. The minimum absolute atomic E-state index is 0.0488. The normalized spacial score (nSPS) is 10.8. The largest absolute Gasteiger partial charge is 0.331 e. The van der Waals surface area contributed by atoms with Crippen LogP contribution in [0.4, 0.5) is 4.39 Å². The van der Waals surface area contributed by atoms with Crippen molar-refractivity contribution in [2.75, 3.05) is 0 Å². The second-order valence-corrected chi connectivity index (χ2v) is 4.07. The molecule has 0 atom stereocenters. The van der Waals surface area contributed by atoms with E-state index in [2.05, 4.69) is 0 Å². The minimum Gasteiger partial charge on any atom is -0.298 e. The molecule has 1 aromatic carbocycles. The molecule has 0 saturated carbocycles. The number of para-hydroxylation sites is 1. The van der Waals surface area contributed by atoms with E-state index in [0.29, 0.717) is 0 Å².